The van der Waals surface area contributed by atoms with Gasteiger partial charge in [-0.05, 0) is 49.2 Å². The molecule has 5 rings (SSSR count). The van der Waals surface area contributed by atoms with Gasteiger partial charge in [0.05, 0.1) is 29.6 Å². The molecule has 0 bridgehead atoms. The predicted molar refractivity (Wildman–Crippen MR) is 131 cm³/mol. The molecule has 9 nitrogen and oxygen atoms in total. The van der Waals surface area contributed by atoms with Gasteiger partial charge in [0.15, 0.2) is 0 Å². The van der Waals surface area contributed by atoms with Crippen LogP contribution in [0.15, 0.2) is 49.2 Å². The molecule has 0 aliphatic carbocycles. The molecule has 174 valence electrons. The minimum Gasteiger partial charge on any atom is -0.497 e. The third kappa shape index (κ3) is 3.75. The maximum absolute atomic E-state index is 13.2. The Balaban J connectivity index is 1.46. The van der Waals surface area contributed by atoms with Crippen molar-refractivity contribution in [3.05, 3.63) is 54.1 Å². The third-order valence-corrected chi connectivity index (χ3v) is 7.12. The molecule has 2 aromatic heterocycles. The van der Waals surface area contributed by atoms with E-state index in [1.165, 1.54) is 17.4 Å². The summed E-state index contributed by atoms with van der Waals surface area (Å²) in [6.45, 7) is 4.62. The Labute approximate surface area is 200 Å². The Morgan fingerprint density at radius 1 is 1.29 bits per heavy atom. The van der Waals surface area contributed by atoms with Gasteiger partial charge >= 0.3 is 6.03 Å². The minimum atomic E-state index is -0.363. The number of urea groups is 1. The number of carbonyl (C=O) groups is 3. The van der Waals surface area contributed by atoms with Gasteiger partial charge in [0, 0.05) is 25.3 Å². The molecule has 1 fully saturated rings. The van der Waals surface area contributed by atoms with E-state index in [1.54, 1.807) is 53.4 Å². The molecule has 1 saturated heterocycles. The van der Waals surface area contributed by atoms with E-state index in [0.717, 1.165) is 18.2 Å². The van der Waals surface area contributed by atoms with Gasteiger partial charge in [-0.25, -0.2) is 9.78 Å². The van der Waals surface area contributed by atoms with Crippen molar-refractivity contribution in [2.45, 2.75) is 18.9 Å². The number of benzene rings is 1. The highest BCUT2D eigenvalue weighted by molar-refractivity contribution is 7.21. The number of nitrogens with zero attached hydrogens (tertiary/aromatic N) is 3. The van der Waals surface area contributed by atoms with Crippen LogP contribution in [0.3, 0.4) is 0 Å². The highest BCUT2D eigenvalue weighted by Gasteiger charge is 2.33. The van der Waals surface area contributed by atoms with Crippen LogP contribution >= 0.6 is 11.3 Å². The number of ether oxygens (including phenoxy) is 1. The maximum Gasteiger partial charge on any atom is 0.331 e. The lowest BCUT2D eigenvalue weighted by Crippen LogP contribution is -2.49. The van der Waals surface area contributed by atoms with Crippen LogP contribution in [0.2, 0.25) is 0 Å². The summed E-state index contributed by atoms with van der Waals surface area (Å²) in [6.07, 6.45) is 4.49. The number of nitrogens with one attached hydrogen (secondary N) is 2. The molecule has 0 saturated carbocycles. The van der Waals surface area contributed by atoms with Gasteiger partial charge in [-0.2, -0.15) is 0 Å². The zero-order chi connectivity index (χ0) is 23.8. The van der Waals surface area contributed by atoms with Gasteiger partial charge in [-0.1, -0.05) is 6.58 Å². The summed E-state index contributed by atoms with van der Waals surface area (Å²) >= 11 is 1.24. The molecule has 2 N–H and O–H groups in total. The van der Waals surface area contributed by atoms with Crippen molar-refractivity contribution in [1.82, 2.24) is 15.2 Å². The van der Waals surface area contributed by atoms with Crippen LogP contribution in [0, 0.1) is 0 Å². The molecule has 2 aliphatic rings. The second kappa shape index (κ2) is 8.79. The van der Waals surface area contributed by atoms with Crippen molar-refractivity contribution in [2.75, 3.05) is 30.4 Å². The molecule has 0 unspecified atom stereocenters. The molecule has 10 heteroatoms. The second-order valence-electron chi connectivity index (χ2n) is 8.08. The Bertz CT molecular complexity index is 1300. The molecule has 2 aliphatic heterocycles. The van der Waals surface area contributed by atoms with E-state index in [-0.39, 0.29) is 23.9 Å². The number of thiophene rings is 1. The van der Waals surface area contributed by atoms with Crippen LogP contribution in [0.4, 0.5) is 21.9 Å². The fourth-order valence-electron chi connectivity index (χ4n) is 4.41. The molecular formula is C24H23N5O4S. The van der Waals surface area contributed by atoms with E-state index in [0.29, 0.717) is 45.6 Å². The third-order valence-electron chi connectivity index (χ3n) is 6.03. The number of rotatable bonds is 5. The van der Waals surface area contributed by atoms with Gasteiger partial charge in [0.1, 0.15) is 15.5 Å². The van der Waals surface area contributed by atoms with Crippen molar-refractivity contribution in [1.29, 1.82) is 0 Å². The smallest absolute Gasteiger partial charge is 0.331 e. The first-order valence-electron chi connectivity index (χ1n) is 10.9. The zero-order valence-corrected chi connectivity index (χ0v) is 19.4. The molecule has 4 amide bonds. The van der Waals surface area contributed by atoms with Gasteiger partial charge in [0.25, 0.3) is 5.91 Å². The van der Waals surface area contributed by atoms with E-state index in [4.69, 9.17) is 4.74 Å². The lowest BCUT2D eigenvalue weighted by atomic mass is 10.1. The van der Waals surface area contributed by atoms with E-state index < -0.39 is 0 Å². The highest BCUT2D eigenvalue weighted by Crippen LogP contribution is 2.45. The van der Waals surface area contributed by atoms with Gasteiger partial charge in [0.2, 0.25) is 5.91 Å². The molecule has 34 heavy (non-hydrogen) atoms. The number of aromatic nitrogens is 1. The summed E-state index contributed by atoms with van der Waals surface area (Å²) in [6, 6.07) is 8.40. The average Bonchev–Trinajstić information content (AvgIpc) is 3.23. The van der Waals surface area contributed by atoms with Crippen LogP contribution in [0.1, 0.15) is 22.5 Å². The van der Waals surface area contributed by atoms with Crippen molar-refractivity contribution in [2.24, 2.45) is 0 Å². The van der Waals surface area contributed by atoms with Gasteiger partial charge < -0.3 is 20.3 Å². The standard InChI is InChI=1S/C24H23N5O4S/c1-3-18(30)28-12-4-5-14(13-28)26-22(31)21-20-19-17(10-11-25-23(19)34-21)29(24(32)27-20)15-6-8-16(33-2)9-7-15/h3,6-11,14H,1,4-5,12-13H2,2H3,(H,26,31)(H,27,32)/t14-/m1/s1. The summed E-state index contributed by atoms with van der Waals surface area (Å²) in [5.74, 6) is 0.253. The monoisotopic (exact) mass is 477 g/mol. The number of piperidine rings is 1. The average molecular weight is 478 g/mol. The van der Waals surface area contributed by atoms with Crippen LogP contribution < -0.4 is 20.3 Å². The molecule has 0 radical (unpaired) electrons. The quantitative estimate of drug-likeness (QED) is 0.543. The summed E-state index contributed by atoms with van der Waals surface area (Å²) in [5.41, 5.74) is 1.79. The predicted octanol–water partition coefficient (Wildman–Crippen LogP) is 3.90. The first-order chi connectivity index (χ1) is 16.5. The maximum atomic E-state index is 13.2. The zero-order valence-electron chi connectivity index (χ0n) is 18.5. The topological polar surface area (TPSA) is 104 Å². The lowest BCUT2D eigenvalue weighted by Gasteiger charge is -2.32. The normalized spacial score (nSPS) is 17.3. The molecule has 1 atom stereocenters. The second-order valence-corrected chi connectivity index (χ2v) is 9.08. The molecular weight excluding hydrogens is 454 g/mol. The van der Waals surface area contributed by atoms with Crippen LogP contribution in [-0.4, -0.2) is 54.0 Å². The fourth-order valence-corrected chi connectivity index (χ4v) is 5.43. The number of amides is 4. The van der Waals surface area contributed by atoms with Crippen molar-refractivity contribution < 1.29 is 19.1 Å². The fraction of sp³-hybridized carbons (Fsp3) is 0.250. The summed E-state index contributed by atoms with van der Waals surface area (Å²) in [4.78, 5) is 47.1. The van der Waals surface area contributed by atoms with Gasteiger partial charge in [-0.15, -0.1) is 11.3 Å². The highest BCUT2D eigenvalue weighted by atomic mass is 32.1. The molecule has 3 aromatic rings. The summed E-state index contributed by atoms with van der Waals surface area (Å²) < 4.78 is 5.22. The summed E-state index contributed by atoms with van der Waals surface area (Å²) in [5, 5.41) is 6.64. The van der Waals surface area contributed by atoms with Crippen molar-refractivity contribution >= 4 is 56.5 Å². The van der Waals surface area contributed by atoms with Crippen LogP contribution in [0.25, 0.3) is 10.2 Å². The van der Waals surface area contributed by atoms with E-state index in [9.17, 15) is 14.4 Å². The SMILES string of the molecule is C=CC(=O)N1CCC[C@@H](NC(=O)c2sc3nccc4c3c2NC(=O)N4c2ccc(OC)cc2)C1. The van der Waals surface area contributed by atoms with E-state index in [2.05, 4.69) is 22.2 Å². The van der Waals surface area contributed by atoms with E-state index in [1.807, 2.05) is 0 Å². The number of carbonyl (C=O) groups excluding carboxylic acids is 3. The number of hydrogen-bond acceptors (Lipinski definition) is 6. The number of anilines is 3. The van der Waals surface area contributed by atoms with Crippen molar-refractivity contribution in [3.8, 4) is 5.75 Å². The lowest BCUT2D eigenvalue weighted by molar-refractivity contribution is -0.127. The first-order valence-corrected chi connectivity index (χ1v) is 11.7. The largest absolute Gasteiger partial charge is 0.497 e. The van der Waals surface area contributed by atoms with E-state index >= 15 is 0 Å². The number of pyridine rings is 1. The Morgan fingerprint density at radius 3 is 2.82 bits per heavy atom. The Morgan fingerprint density at radius 2 is 2.09 bits per heavy atom. The van der Waals surface area contributed by atoms with Gasteiger partial charge in [-0.3, -0.25) is 14.5 Å². The Hall–Kier alpha value is -3.92. The minimum absolute atomic E-state index is 0.143. The Kier molecular flexibility index (Phi) is 5.66. The van der Waals surface area contributed by atoms with Crippen LogP contribution in [0.5, 0.6) is 5.75 Å². The van der Waals surface area contributed by atoms with Crippen LogP contribution in [-0.2, 0) is 4.79 Å². The number of methoxy groups -OCH3 is 1. The molecule has 1 aromatic carbocycles. The van der Waals surface area contributed by atoms with Crippen molar-refractivity contribution in [3.63, 3.8) is 0 Å². The molecule has 0 spiro atoms. The molecule has 4 heterocycles. The number of hydrogen-bond donors (Lipinski definition) is 2. The summed E-state index contributed by atoms with van der Waals surface area (Å²) in [7, 11) is 1.58. The number of likely N-dealkylation sites (tertiary alicyclic amines) is 1. The first kappa shape index (κ1) is 21.9.